The lowest BCUT2D eigenvalue weighted by atomic mass is 10.2. The van der Waals surface area contributed by atoms with Gasteiger partial charge in [-0.1, -0.05) is 0 Å². The first-order valence-corrected chi connectivity index (χ1v) is 6.26. The van der Waals surface area contributed by atoms with E-state index in [2.05, 4.69) is 4.98 Å². The van der Waals surface area contributed by atoms with E-state index in [4.69, 9.17) is 10.5 Å². The van der Waals surface area contributed by atoms with Gasteiger partial charge >= 0.3 is 0 Å². The van der Waals surface area contributed by atoms with E-state index in [-0.39, 0.29) is 24.4 Å². The second-order valence-corrected chi connectivity index (χ2v) is 4.53. The third-order valence-corrected chi connectivity index (χ3v) is 3.01. The average molecular weight is 286 g/mol. The molecule has 0 spiro atoms. The minimum absolute atomic E-state index is 0. The van der Waals surface area contributed by atoms with Crippen LogP contribution in [-0.4, -0.2) is 41.6 Å². The number of aromatic nitrogens is 1. The van der Waals surface area contributed by atoms with Crippen molar-refractivity contribution >= 4 is 18.3 Å². The molecule has 2 N–H and O–H groups in total. The number of nitrogens with zero attached hydrogens (tertiary/aromatic N) is 2. The quantitative estimate of drug-likeness (QED) is 0.887. The molecule has 1 aromatic rings. The highest BCUT2D eigenvalue weighted by atomic mass is 35.5. The Bertz CT molecular complexity index is 428. The summed E-state index contributed by atoms with van der Waals surface area (Å²) in [7, 11) is 0. The van der Waals surface area contributed by atoms with Gasteiger partial charge in [-0.15, -0.1) is 12.4 Å². The third kappa shape index (κ3) is 4.16. The molecule has 1 aliphatic heterocycles. The van der Waals surface area contributed by atoms with Gasteiger partial charge in [-0.05, 0) is 25.5 Å². The van der Waals surface area contributed by atoms with Crippen LogP contribution in [0.25, 0.3) is 0 Å². The summed E-state index contributed by atoms with van der Waals surface area (Å²) in [5.41, 5.74) is 6.93. The van der Waals surface area contributed by atoms with E-state index in [1.54, 1.807) is 18.3 Å². The van der Waals surface area contributed by atoms with E-state index in [1.807, 2.05) is 11.8 Å². The number of rotatable bonds is 2. The number of pyridine rings is 1. The molecule has 6 heteroatoms. The predicted octanol–water partition coefficient (Wildman–Crippen LogP) is 1.21. The van der Waals surface area contributed by atoms with Gasteiger partial charge in [-0.25, -0.2) is 0 Å². The fourth-order valence-electron chi connectivity index (χ4n) is 2.08. The molecular formula is C13H20ClN3O2. The van der Waals surface area contributed by atoms with Crippen molar-refractivity contribution in [1.29, 1.82) is 0 Å². The molecule has 5 nitrogen and oxygen atoms in total. The van der Waals surface area contributed by atoms with Crippen LogP contribution in [0.1, 0.15) is 29.4 Å². The molecule has 0 radical (unpaired) electrons. The molecule has 2 heterocycles. The van der Waals surface area contributed by atoms with Crippen molar-refractivity contribution in [3.63, 3.8) is 0 Å². The molecule has 1 fully saturated rings. The fourth-order valence-corrected chi connectivity index (χ4v) is 2.08. The maximum absolute atomic E-state index is 12.4. The van der Waals surface area contributed by atoms with Crippen molar-refractivity contribution in [1.82, 2.24) is 9.88 Å². The van der Waals surface area contributed by atoms with Gasteiger partial charge in [-0.2, -0.15) is 0 Å². The van der Waals surface area contributed by atoms with Gasteiger partial charge in [0.05, 0.1) is 11.8 Å². The summed E-state index contributed by atoms with van der Waals surface area (Å²) in [6.07, 6.45) is 2.60. The number of carbonyl (C=O) groups excluding carboxylic acids is 1. The third-order valence-electron chi connectivity index (χ3n) is 3.01. The molecule has 106 valence electrons. The second-order valence-electron chi connectivity index (χ2n) is 4.53. The lowest BCUT2D eigenvalue weighted by Crippen LogP contribution is -2.36. The van der Waals surface area contributed by atoms with Crippen LogP contribution in [0.4, 0.5) is 0 Å². The standard InChI is InChI=1S/C13H19N3O2.ClH/c1-10-9-16(5-2-6-18-10)13(17)11-3-4-15-12(7-11)8-14;/h3-4,7,10H,2,5-6,8-9,14H2,1H3;1H. The van der Waals surface area contributed by atoms with Crippen molar-refractivity contribution in [2.75, 3.05) is 19.7 Å². The molecule has 0 aromatic carbocycles. The molecule has 1 atom stereocenters. The lowest BCUT2D eigenvalue weighted by Gasteiger charge is -2.22. The van der Waals surface area contributed by atoms with Gasteiger partial charge in [0, 0.05) is 38.0 Å². The molecule has 2 rings (SSSR count). The summed E-state index contributed by atoms with van der Waals surface area (Å²) in [5.74, 6) is 0.0319. The highest BCUT2D eigenvalue weighted by Crippen LogP contribution is 2.11. The van der Waals surface area contributed by atoms with E-state index in [9.17, 15) is 4.79 Å². The number of nitrogens with two attached hydrogens (primary N) is 1. The first-order chi connectivity index (χ1) is 8.70. The Morgan fingerprint density at radius 1 is 1.63 bits per heavy atom. The van der Waals surface area contributed by atoms with Crippen LogP contribution in [0.2, 0.25) is 0 Å². The zero-order valence-corrected chi connectivity index (χ0v) is 11.9. The van der Waals surface area contributed by atoms with Crippen LogP contribution < -0.4 is 5.73 Å². The minimum Gasteiger partial charge on any atom is -0.377 e. The maximum atomic E-state index is 12.4. The molecule has 1 saturated heterocycles. The number of ether oxygens (including phenoxy) is 1. The molecule has 0 saturated carbocycles. The Morgan fingerprint density at radius 3 is 3.16 bits per heavy atom. The number of halogens is 1. The zero-order chi connectivity index (χ0) is 13.0. The van der Waals surface area contributed by atoms with Crippen LogP contribution in [0.3, 0.4) is 0 Å². The van der Waals surface area contributed by atoms with Crippen LogP contribution in [-0.2, 0) is 11.3 Å². The molecule has 1 aromatic heterocycles. The van der Waals surface area contributed by atoms with Gasteiger partial charge in [0.25, 0.3) is 5.91 Å². The smallest absolute Gasteiger partial charge is 0.254 e. The topological polar surface area (TPSA) is 68.5 Å². The first-order valence-electron chi connectivity index (χ1n) is 6.26. The summed E-state index contributed by atoms with van der Waals surface area (Å²) >= 11 is 0. The van der Waals surface area contributed by atoms with Gasteiger partial charge in [0.15, 0.2) is 0 Å². The summed E-state index contributed by atoms with van der Waals surface area (Å²) in [4.78, 5) is 18.3. The Balaban J connectivity index is 0.00000180. The summed E-state index contributed by atoms with van der Waals surface area (Å²) < 4.78 is 5.54. The van der Waals surface area contributed by atoms with Crippen molar-refractivity contribution in [3.8, 4) is 0 Å². The van der Waals surface area contributed by atoms with Gasteiger partial charge in [-0.3, -0.25) is 9.78 Å². The van der Waals surface area contributed by atoms with E-state index < -0.39 is 0 Å². The highest BCUT2D eigenvalue weighted by molar-refractivity contribution is 5.94. The van der Waals surface area contributed by atoms with Crippen molar-refractivity contribution < 1.29 is 9.53 Å². The highest BCUT2D eigenvalue weighted by Gasteiger charge is 2.21. The summed E-state index contributed by atoms with van der Waals surface area (Å²) in [6, 6.07) is 3.50. The molecule has 1 aliphatic rings. The van der Waals surface area contributed by atoms with Gasteiger partial charge < -0.3 is 15.4 Å². The van der Waals surface area contributed by atoms with E-state index in [0.717, 1.165) is 25.3 Å². The molecule has 0 aliphatic carbocycles. The Hall–Kier alpha value is -1.17. The van der Waals surface area contributed by atoms with Crippen molar-refractivity contribution in [3.05, 3.63) is 29.6 Å². The second kappa shape index (κ2) is 7.43. The molecule has 0 bridgehead atoms. The number of hydrogen-bond acceptors (Lipinski definition) is 4. The maximum Gasteiger partial charge on any atom is 0.254 e. The van der Waals surface area contributed by atoms with Crippen LogP contribution in [0.15, 0.2) is 18.3 Å². The molecule has 1 unspecified atom stereocenters. The Kier molecular flexibility index (Phi) is 6.21. The van der Waals surface area contributed by atoms with Crippen LogP contribution >= 0.6 is 12.4 Å². The monoisotopic (exact) mass is 285 g/mol. The summed E-state index contributed by atoms with van der Waals surface area (Å²) in [6.45, 7) is 4.43. The van der Waals surface area contributed by atoms with Crippen molar-refractivity contribution in [2.24, 2.45) is 5.73 Å². The first kappa shape index (κ1) is 15.9. The van der Waals surface area contributed by atoms with Gasteiger partial charge in [0.2, 0.25) is 0 Å². The van der Waals surface area contributed by atoms with Crippen LogP contribution in [0.5, 0.6) is 0 Å². The number of amides is 1. The van der Waals surface area contributed by atoms with E-state index in [0.29, 0.717) is 18.7 Å². The minimum atomic E-state index is 0. The molecular weight excluding hydrogens is 266 g/mol. The van der Waals surface area contributed by atoms with Crippen molar-refractivity contribution in [2.45, 2.75) is 26.0 Å². The van der Waals surface area contributed by atoms with Crippen LogP contribution in [0, 0.1) is 0 Å². The van der Waals surface area contributed by atoms with Gasteiger partial charge in [0.1, 0.15) is 0 Å². The fraction of sp³-hybridized carbons (Fsp3) is 0.538. The number of hydrogen-bond donors (Lipinski definition) is 1. The SMILES string of the molecule is CC1CN(C(=O)c2ccnc(CN)c2)CCCO1.Cl. The average Bonchev–Trinajstić information content (AvgIpc) is 2.62. The molecule has 19 heavy (non-hydrogen) atoms. The van der Waals surface area contributed by atoms with E-state index >= 15 is 0 Å². The Morgan fingerprint density at radius 2 is 2.42 bits per heavy atom. The number of carbonyl (C=O) groups is 1. The Labute approximate surface area is 119 Å². The zero-order valence-electron chi connectivity index (χ0n) is 11.0. The normalized spacial score (nSPS) is 19.5. The largest absolute Gasteiger partial charge is 0.377 e. The molecule has 1 amide bonds. The predicted molar refractivity (Wildman–Crippen MR) is 75.3 cm³/mol. The summed E-state index contributed by atoms with van der Waals surface area (Å²) in [5, 5.41) is 0. The lowest BCUT2D eigenvalue weighted by molar-refractivity contribution is 0.0562. The van der Waals surface area contributed by atoms with E-state index in [1.165, 1.54) is 0 Å².